The van der Waals surface area contributed by atoms with Crippen LogP contribution in [0.4, 0.5) is 5.69 Å². The van der Waals surface area contributed by atoms with E-state index in [0.29, 0.717) is 43.0 Å². The van der Waals surface area contributed by atoms with E-state index in [9.17, 15) is 18.0 Å². The van der Waals surface area contributed by atoms with E-state index in [-0.39, 0.29) is 16.7 Å². The highest BCUT2D eigenvalue weighted by atomic mass is 32.2. The van der Waals surface area contributed by atoms with Gasteiger partial charge >= 0.3 is 0 Å². The van der Waals surface area contributed by atoms with Gasteiger partial charge in [-0.15, -0.1) is 0 Å². The van der Waals surface area contributed by atoms with Gasteiger partial charge in [-0.3, -0.25) is 9.59 Å². The van der Waals surface area contributed by atoms with E-state index < -0.39 is 10.0 Å². The molecule has 7 nitrogen and oxygen atoms in total. The van der Waals surface area contributed by atoms with E-state index in [1.807, 2.05) is 13.8 Å². The summed E-state index contributed by atoms with van der Waals surface area (Å²) in [6, 6.07) is 12.8. The number of carbonyl (C=O) groups excluding carboxylic acids is 2. The summed E-state index contributed by atoms with van der Waals surface area (Å²) in [4.78, 5) is 26.9. The molecule has 1 aliphatic heterocycles. The van der Waals surface area contributed by atoms with Gasteiger partial charge in [-0.05, 0) is 75.2 Å². The number of amides is 2. The Morgan fingerprint density at radius 1 is 0.844 bits per heavy atom. The van der Waals surface area contributed by atoms with Crippen molar-refractivity contribution in [1.29, 1.82) is 0 Å². The molecule has 32 heavy (non-hydrogen) atoms. The maximum absolute atomic E-state index is 12.9. The fourth-order valence-corrected chi connectivity index (χ4v) is 5.32. The molecule has 1 heterocycles. The largest absolute Gasteiger partial charge is 0.339 e. The van der Waals surface area contributed by atoms with Gasteiger partial charge in [0.25, 0.3) is 11.8 Å². The summed E-state index contributed by atoms with van der Waals surface area (Å²) in [6.45, 7) is 6.21. The van der Waals surface area contributed by atoms with Crippen LogP contribution in [0, 0.1) is 0 Å². The van der Waals surface area contributed by atoms with Crippen LogP contribution in [0.25, 0.3) is 0 Å². The minimum Gasteiger partial charge on any atom is -0.339 e. The average molecular weight is 458 g/mol. The van der Waals surface area contributed by atoms with Crippen molar-refractivity contribution < 1.29 is 18.0 Å². The smallest absolute Gasteiger partial charge is 0.255 e. The van der Waals surface area contributed by atoms with Crippen LogP contribution < -0.4 is 5.32 Å². The Bertz CT molecular complexity index is 1020. The Balaban J connectivity index is 1.66. The summed E-state index contributed by atoms with van der Waals surface area (Å²) in [6.07, 6.45) is 3.85. The molecule has 8 heteroatoms. The molecular formula is C24H31N3O4S. The second kappa shape index (κ2) is 10.7. The van der Waals surface area contributed by atoms with Gasteiger partial charge < -0.3 is 10.2 Å². The van der Waals surface area contributed by atoms with Crippen LogP contribution in [0.3, 0.4) is 0 Å². The van der Waals surface area contributed by atoms with Crippen molar-refractivity contribution in [2.45, 2.75) is 44.4 Å². The van der Waals surface area contributed by atoms with Crippen molar-refractivity contribution in [1.82, 2.24) is 9.21 Å². The second-order valence-corrected chi connectivity index (χ2v) is 9.79. The van der Waals surface area contributed by atoms with Crippen molar-refractivity contribution in [2.75, 3.05) is 31.5 Å². The number of nitrogens with one attached hydrogen (secondary N) is 1. The number of rotatable bonds is 7. The van der Waals surface area contributed by atoms with Crippen molar-refractivity contribution >= 4 is 27.5 Å². The second-order valence-electron chi connectivity index (χ2n) is 7.85. The lowest BCUT2D eigenvalue weighted by atomic mass is 10.1. The topological polar surface area (TPSA) is 86.8 Å². The Morgan fingerprint density at radius 3 is 1.91 bits per heavy atom. The number of anilines is 1. The fraction of sp³-hybridized carbons (Fsp3) is 0.417. The fourth-order valence-electron chi connectivity index (χ4n) is 3.80. The van der Waals surface area contributed by atoms with Crippen LogP contribution in [0.1, 0.15) is 60.2 Å². The molecule has 1 saturated heterocycles. The van der Waals surface area contributed by atoms with Crippen LogP contribution >= 0.6 is 0 Å². The molecule has 0 bridgehead atoms. The standard InChI is InChI=1S/C24H31N3O4S/c1-3-26(4-2)24(29)20-9-13-21(14-10-20)25-23(28)19-11-15-22(16-12-19)32(30,31)27-17-7-5-6-8-18-27/h9-16H,3-8,17-18H2,1-2H3,(H,25,28). The molecule has 3 rings (SSSR count). The zero-order valence-electron chi connectivity index (χ0n) is 18.7. The monoisotopic (exact) mass is 457 g/mol. The molecule has 0 unspecified atom stereocenters. The van der Waals surface area contributed by atoms with E-state index in [2.05, 4.69) is 5.32 Å². The molecule has 0 aromatic heterocycles. The van der Waals surface area contributed by atoms with Gasteiger partial charge in [0.2, 0.25) is 10.0 Å². The van der Waals surface area contributed by atoms with Gasteiger partial charge in [0.05, 0.1) is 4.90 Å². The predicted octanol–water partition coefficient (Wildman–Crippen LogP) is 3.99. The number of carbonyl (C=O) groups is 2. The SMILES string of the molecule is CCN(CC)C(=O)c1ccc(NC(=O)c2ccc(S(=O)(=O)N3CCCCCC3)cc2)cc1. The number of nitrogens with zero attached hydrogens (tertiary/aromatic N) is 2. The van der Waals surface area contributed by atoms with Crippen LogP contribution in [0.2, 0.25) is 0 Å². The molecule has 1 N–H and O–H groups in total. The first kappa shape index (κ1) is 23.9. The van der Waals surface area contributed by atoms with Gasteiger partial charge in [-0.1, -0.05) is 12.8 Å². The third kappa shape index (κ3) is 5.55. The summed E-state index contributed by atoms with van der Waals surface area (Å²) in [5.74, 6) is -0.388. The van der Waals surface area contributed by atoms with Crippen LogP contribution in [0.5, 0.6) is 0 Å². The highest BCUT2D eigenvalue weighted by Gasteiger charge is 2.25. The summed E-state index contributed by atoms with van der Waals surface area (Å²) in [7, 11) is -3.55. The normalized spacial score (nSPS) is 15.1. The van der Waals surface area contributed by atoms with E-state index in [1.165, 1.54) is 28.6 Å². The molecule has 2 aromatic carbocycles. The zero-order chi connectivity index (χ0) is 23.1. The first-order chi connectivity index (χ1) is 15.4. The van der Waals surface area contributed by atoms with Crippen LogP contribution in [0.15, 0.2) is 53.4 Å². The molecule has 0 radical (unpaired) electrons. The van der Waals surface area contributed by atoms with Gasteiger partial charge in [0.1, 0.15) is 0 Å². The first-order valence-corrected chi connectivity index (χ1v) is 12.6. The molecule has 1 fully saturated rings. The molecule has 0 spiro atoms. The number of hydrogen-bond acceptors (Lipinski definition) is 4. The molecule has 2 amide bonds. The first-order valence-electron chi connectivity index (χ1n) is 11.2. The molecule has 172 valence electrons. The third-order valence-corrected chi connectivity index (χ3v) is 7.67. The Labute approximate surface area is 190 Å². The van der Waals surface area contributed by atoms with Crippen LogP contribution in [-0.2, 0) is 10.0 Å². The lowest BCUT2D eigenvalue weighted by molar-refractivity contribution is 0.0773. The Morgan fingerprint density at radius 2 is 1.38 bits per heavy atom. The minimum absolute atomic E-state index is 0.0471. The molecule has 2 aromatic rings. The zero-order valence-corrected chi connectivity index (χ0v) is 19.5. The minimum atomic E-state index is -3.55. The quantitative estimate of drug-likeness (QED) is 0.681. The molecule has 0 saturated carbocycles. The molecule has 1 aliphatic rings. The van der Waals surface area contributed by atoms with E-state index in [1.54, 1.807) is 29.2 Å². The molecule has 0 aliphatic carbocycles. The number of benzene rings is 2. The molecule has 0 atom stereocenters. The van der Waals surface area contributed by atoms with E-state index in [4.69, 9.17) is 0 Å². The van der Waals surface area contributed by atoms with E-state index >= 15 is 0 Å². The maximum atomic E-state index is 12.9. The van der Waals surface area contributed by atoms with Crippen LogP contribution in [-0.4, -0.2) is 55.6 Å². The Kier molecular flexibility index (Phi) is 8.04. The average Bonchev–Trinajstić information content (AvgIpc) is 3.11. The maximum Gasteiger partial charge on any atom is 0.255 e. The lowest BCUT2D eigenvalue weighted by Gasteiger charge is -2.20. The summed E-state index contributed by atoms with van der Waals surface area (Å²) in [5, 5.41) is 2.79. The summed E-state index contributed by atoms with van der Waals surface area (Å²) in [5.41, 5.74) is 1.49. The lowest BCUT2D eigenvalue weighted by Crippen LogP contribution is -2.31. The van der Waals surface area contributed by atoms with Crippen molar-refractivity contribution in [3.05, 3.63) is 59.7 Å². The number of hydrogen-bond donors (Lipinski definition) is 1. The third-order valence-electron chi connectivity index (χ3n) is 5.76. The van der Waals surface area contributed by atoms with Crippen molar-refractivity contribution in [2.24, 2.45) is 0 Å². The summed E-state index contributed by atoms with van der Waals surface area (Å²) < 4.78 is 27.3. The Hall–Kier alpha value is -2.71. The predicted molar refractivity (Wildman–Crippen MR) is 125 cm³/mol. The highest BCUT2D eigenvalue weighted by molar-refractivity contribution is 7.89. The van der Waals surface area contributed by atoms with Gasteiger partial charge in [-0.25, -0.2) is 8.42 Å². The number of sulfonamides is 1. The van der Waals surface area contributed by atoms with Gasteiger partial charge in [0.15, 0.2) is 0 Å². The van der Waals surface area contributed by atoms with E-state index in [0.717, 1.165) is 25.7 Å². The van der Waals surface area contributed by atoms with Crippen molar-refractivity contribution in [3.8, 4) is 0 Å². The van der Waals surface area contributed by atoms with Gasteiger partial charge in [-0.2, -0.15) is 4.31 Å². The molecular weight excluding hydrogens is 426 g/mol. The highest BCUT2D eigenvalue weighted by Crippen LogP contribution is 2.21. The summed E-state index contributed by atoms with van der Waals surface area (Å²) >= 11 is 0. The van der Waals surface area contributed by atoms with Gasteiger partial charge in [0, 0.05) is 43.0 Å². The van der Waals surface area contributed by atoms with Crippen molar-refractivity contribution in [3.63, 3.8) is 0 Å².